The largest absolute Gasteiger partial charge is 0.354 e. The molecular weight excluding hydrogens is 364 g/mol. The van der Waals surface area contributed by atoms with Crippen LogP contribution in [-0.4, -0.2) is 16.8 Å². The molecule has 3 rings (SSSR count). The number of amides is 2. The molecule has 3 N–H and O–H groups in total. The normalized spacial score (nSPS) is 10.3. The van der Waals surface area contributed by atoms with Gasteiger partial charge >= 0.3 is 0 Å². The van der Waals surface area contributed by atoms with Crippen LogP contribution in [0, 0.1) is 6.92 Å². The Kier molecular flexibility index (Phi) is 6.24. The van der Waals surface area contributed by atoms with Crippen molar-refractivity contribution in [2.24, 2.45) is 0 Å². The summed E-state index contributed by atoms with van der Waals surface area (Å²) >= 11 is 0. The summed E-state index contributed by atoms with van der Waals surface area (Å²) in [7, 11) is 0. The molecule has 2 aromatic carbocycles. The molecule has 0 unspecified atom stereocenters. The number of anilines is 4. The van der Waals surface area contributed by atoms with Crippen LogP contribution < -0.4 is 16.0 Å². The summed E-state index contributed by atoms with van der Waals surface area (Å²) in [6.45, 7) is 5.61. The van der Waals surface area contributed by atoms with Crippen molar-refractivity contribution >= 4 is 34.6 Å². The van der Waals surface area contributed by atoms with Crippen LogP contribution in [-0.2, 0) is 11.2 Å². The van der Waals surface area contributed by atoms with Crippen molar-refractivity contribution in [1.82, 2.24) is 4.98 Å². The van der Waals surface area contributed by atoms with Gasteiger partial charge < -0.3 is 16.0 Å². The Hall–Kier alpha value is -3.67. The fraction of sp³-hybridized carbons (Fsp3) is 0.174. The maximum absolute atomic E-state index is 12.6. The zero-order valence-corrected chi connectivity index (χ0v) is 16.7. The molecule has 1 heterocycles. The van der Waals surface area contributed by atoms with Crippen molar-refractivity contribution in [2.75, 3.05) is 16.0 Å². The summed E-state index contributed by atoms with van der Waals surface area (Å²) in [4.78, 5) is 27.9. The third-order valence-electron chi connectivity index (χ3n) is 4.47. The average Bonchev–Trinajstić information content (AvgIpc) is 2.71. The first-order valence-corrected chi connectivity index (χ1v) is 9.46. The summed E-state index contributed by atoms with van der Waals surface area (Å²) in [6.07, 6.45) is 4.14. The van der Waals surface area contributed by atoms with E-state index in [1.165, 1.54) is 18.7 Å². The van der Waals surface area contributed by atoms with E-state index in [1.807, 2.05) is 6.07 Å². The molecule has 0 saturated heterocycles. The van der Waals surface area contributed by atoms with Gasteiger partial charge in [-0.2, -0.15) is 0 Å². The van der Waals surface area contributed by atoms with Gasteiger partial charge in [0.05, 0.1) is 17.4 Å². The highest BCUT2D eigenvalue weighted by Crippen LogP contribution is 2.25. The van der Waals surface area contributed by atoms with Gasteiger partial charge in [-0.1, -0.05) is 25.1 Å². The first-order valence-electron chi connectivity index (χ1n) is 9.46. The third kappa shape index (κ3) is 5.19. The second kappa shape index (κ2) is 9.01. The number of hydrogen-bond acceptors (Lipinski definition) is 4. The van der Waals surface area contributed by atoms with Gasteiger partial charge in [0.1, 0.15) is 0 Å². The monoisotopic (exact) mass is 388 g/mol. The number of carbonyl (C=O) groups is 2. The molecule has 0 atom stereocenters. The van der Waals surface area contributed by atoms with Gasteiger partial charge in [0.2, 0.25) is 5.91 Å². The van der Waals surface area contributed by atoms with Crippen LogP contribution in [0.4, 0.5) is 22.7 Å². The number of para-hydroxylation sites is 1. The van der Waals surface area contributed by atoms with Crippen LogP contribution in [0.3, 0.4) is 0 Å². The number of rotatable bonds is 6. The highest BCUT2D eigenvalue weighted by Gasteiger charge is 2.10. The van der Waals surface area contributed by atoms with Gasteiger partial charge in [-0.15, -0.1) is 0 Å². The van der Waals surface area contributed by atoms with Crippen molar-refractivity contribution in [1.29, 1.82) is 0 Å². The van der Waals surface area contributed by atoms with Crippen molar-refractivity contribution in [3.05, 3.63) is 77.6 Å². The summed E-state index contributed by atoms with van der Waals surface area (Å²) in [5, 5.41) is 8.93. The van der Waals surface area contributed by atoms with Crippen LogP contribution >= 0.6 is 0 Å². The Morgan fingerprint density at radius 1 is 0.931 bits per heavy atom. The predicted octanol–water partition coefficient (Wildman–Crippen LogP) is 4.91. The Bertz CT molecular complexity index is 1030. The van der Waals surface area contributed by atoms with Gasteiger partial charge in [0.15, 0.2) is 0 Å². The Morgan fingerprint density at radius 2 is 1.62 bits per heavy atom. The molecular formula is C23H24N4O2. The molecule has 0 bridgehead atoms. The molecule has 6 nitrogen and oxygen atoms in total. The lowest BCUT2D eigenvalue weighted by molar-refractivity contribution is -0.114. The minimum atomic E-state index is -0.256. The summed E-state index contributed by atoms with van der Waals surface area (Å²) in [5.74, 6) is -0.397. The van der Waals surface area contributed by atoms with Crippen LogP contribution in [0.15, 0.2) is 60.9 Å². The van der Waals surface area contributed by atoms with Crippen LogP contribution in [0.5, 0.6) is 0 Å². The van der Waals surface area contributed by atoms with Crippen LogP contribution in [0.1, 0.15) is 35.3 Å². The number of hydrogen-bond donors (Lipinski definition) is 3. The zero-order chi connectivity index (χ0) is 20.8. The van der Waals surface area contributed by atoms with E-state index in [9.17, 15) is 9.59 Å². The van der Waals surface area contributed by atoms with E-state index in [0.29, 0.717) is 16.9 Å². The zero-order valence-electron chi connectivity index (χ0n) is 16.7. The van der Waals surface area contributed by atoms with Crippen LogP contribution in [0.2, 0.25) is 0 Å². The number of nitrogens with one attached hydrogen (secondary N) is 3. The molecule has 1 aromatic heterocycles. The summed E-state index contributed by atoms with van der Waals surface area (Å²) in [6, 6.07) is 14.9. The molecule has 0 aliphatic carbocycles. The average molecular weight is 388 g/mol. The van der Waals surface area contributed by atoms with Crippen molar-refractivity contribution in [3.63, 3.8) is 0 Å². The lowest BCUT2D eigenvalue weighted by atomic mass is 10.1. The second-order valence-electron chi connectivity index (χ2n) is 6.76. The van der Waals surface area contributed by atoms with E-state index in [0.717, 1.165) is 23.4 Å². The Labute approximate surface area is 170 Å². The molecule has 6 heteroatoms. The Balaban J connectivity index is 1.74. The van der Waals surface area contributed by atoms with Crippen molar-refractivity contribution < 1.29 is 9.59 Å². The van der Waals surface area contributed by atoms with E-state index in [2.05, 4.69) is 46.9 Å². The number of carbonyl (C=O) groups excluding carboxylic acids is 2. The molecule has 3 aromatic rings. The fourth-order valence-electron chi connectivity index (χ4n) is 3.02. The molecule has 148 valence electrons. The number of aryl methyl sites for hydroxylation is 2. The highest BCUT2D eigenvalue weighted by atomic mass is 16.2. The predicted molar refractivity (Wildman–Crippen MR) is 117 cm³/mol. The molecule has 0 spiro atoms. The minimum absolute atomic E-state index is 0.142. The van der Waals surface area contributed by atoms with Gasteiger partial charge in [-0.25, -0.2) is 0 Å². The van der Waals surface area contributed by atoms with E-state index >= 15 is 0 Å². The molecule has 0 aliphatic rings. The SMILES string of the molecule is CCc1cccc(C)c1Nc1cncc(C(=O)Nc2ccc(NC(C)=O)cc2)c1. The smallest absolute Gasteiger partial charge is 0.257 e. The number of nitrogens with zero attached hydrogens (tertiary/aromatic N) is 1. The Morgan fingerprint density at radius 3 is 2.28 bits per heavy atom. The lowest BCUT2D eigenvalue weighted by Crippen LogP contribution is -2.13. The fourth-order valence-corrected chi connectivity index (χ4v) is 3.02. The van der Waals surface area contributed by atoms with E-state index in [4.69, 9.17) is 0 Å². The highest BCUT2D eigenvalue weighted by molar-refractivity contribution is 6.04. The molecule has 29 heavy (non-hydrogen) atoms. The topological polar surface area (TPSA) is 83.1 Å². The molecule has 2 amide bonds. The maximum atomic E-state index is 12.6. The first kappa shape index (κ1) is 20.1. The molecule has 0 saturated carbocycles. The van der Waals surface area contributed by atoms with Gasteiger partial charge in [0, 0.05) is 30.2 Å². The first-order chi connectivity index (χ1) is 14.0. The van der Waals surface area contributed by atoms with E-state index in [-0.39, 0.29) is 11.8 Å². The van der Waals surface area contributed by atoms with Crippen LogP contribution in [0.25, 0.3) is 0 Å². The lowest BCUT2D eigenvalue weighted by Gasteiger charge is -2.14. The minimum Gasteiger partial charge on any atom is -0.354 e. The number of pyridine rings is 1. The van der Waals surface area contributed by atoms with E-state index in [1.54, 1.807) is 36.5 Å². The number of aromatic nitrogens is 1. The van der Waals surface area contributed by atoms with E-state index < -0.39 is 0 Å². The summed E-state index contributed by atoms with van der Waals surface area (Å²) < 4.78 is 0. The quantitative estimate of drug-likeness (QED) is 0.560. The maximum Gasteiger partial charge on any atom is 0.257 e. The third-order valence-corrected chi connectivity index (χ3v) is 4.47. The van der Waals surface area contributed by atoms with Crippen molar-refractivity contribution in [2.45, 2.75) is 27.2 Å². The van der Waals surface area contributed by atoms with Gasteiger partial charge in [-0.05, 0) is 54.8 Å². The molecule has 0 fully saturated rings. The molecule has 0 aliphatic heterocycles. The molecule has 0 radical (unpaired) electrons. The summed E-state index contributed by atoms with van der Waals surface area (Å²) in [5.41, 5.74) is 5.90. The van der Waals surface area contributed by atoms with Crippen molar-refractivity contribution in [3.8, 4) is 0 Å². The standard InChI is InChI=1S/C23H24N4O2/c1-4-17-7-5-6-15(2)22(17)26-21-12-18(13-24-14-21)23(29)27-20-10-8-19(9-11-20)25-16(3)28/h5-14,26H,4H2,1-3H3,(H,25,28)(H,27,29). The van der Waals surface area contributed by atoms with Gasteiger partial charge in [0.25, 0.3) is 5.91 Å². The second-order valence-corrected chi connectivity index (χ2v) is 6.76. The number of benzene rings is 2. The van der Waals surface area contributed by atoms with Gasteiger partial charge in [-0.3, -0.25) is 14.6 Å².